The van der Waals surface area contributed by atoms with Crippen molar-refractivity contribution >= 4 is 51.6 Å². The molecule has 0 fully saturated rings. The van der Waals surface area contributed by atoms with Crippen LogP contribution >= 0.6 is 45.8 Å². The van der Waals surface area contributed by atoms with Crippen LogP contribution in [0.2, 0.25) is 10.0 Å². The Morgan fingerprint density at radius 2 is 1.95 bits per heavy atom. The standard InChI is InChI=1S/C15H16Cl2IN3/c1-3-8-19-15-13(18)11(4-2)20-14(21-15)9-6-5-7-10(16)12(9)17/h5-7H,3-4,8H2,1-2H3,(H,19,20,21). The van der Waals surface area contributed by atoms with Crippen LogP contribution < -0.4 is 5.32 Å². The highest BCUT2D eigenvalue weighted by molar-refractivity contribution is 14.1. The number of aryl methyl sites for hydroxylation is 1. The predicted molar refractivity (Wildman–Crippen MR) is 98.4 cm³/mol. The van der Waals surface area contributed by atoms with E-state index in [0.717, 1.165) is 40.0 Å². The first-order valence-electron chi connectivity index (χ1n) is 6.83. The predicted octanol–water partition coefficient (Wildman–Crippen LogP) is 5.44. The second-order valence-electron chi connectivity index (χ2n) is 4.54. The van der Waals surface area contributed by atoms with E-state index >= 15 is 0 Å². The van der Waals surface area contributed by atoms with Gasteiger partial charge in [0.25, 0.3) is 0 Å². The Hall–Kier alpha value is -0.590. The molecule has 0 unspecified atom stereocenters. The van der Waals surface area contributed by atoms with Gasteiger partial charge in [-0.1, -0.05) is 43.1 Å². The smallest absolute Gasteiger partial charge is 0.163 e. The maximum absolute atomic E-state index is 6.29. The van der Waals surface area contributed by atoms with Crippen LogP contribution in [-0.4, -0.2) is 16.5 Å². The van der Waals surface area contributed by atoms with Gasteiger partial charge in [0.2, 0.25) is 0 Å². The molecule has 2 aromatic rings. The lowest BCUT2D eigenvalue weighted by Gasteiger charge is -2.13. The minimum atomic E-state index is 0.490. The summed E-state index contributed by atoms with van der Waals surface area (Å²) >= 11 is 14.7. The molecule has 1 aromatic carbocycles. The van der Waals surface area contributed by atoms with E-state index in [2.05, 4.69) is 51.7 Å². The van der Waals surface area contributed by atoms with Gasteiger partial charge in [0.05, 0.1) is 19.3 Å². The quantitative estimate of drug-likeness (QED) is 0.635. The van der Waals surface area contributed by atoms with Crippen LogP contribution in [0.4, 0.5) is 5.82 Å². The molecule has 0 bridgehead atoms. The third-order valence-electron chi connectivity index (χ3n) is 2.99. The van der Waals surface area contributed by atoms with Crippen LogP contribution in [0.5, 0.6) is 0 Å². The van der Waals surface area contributed by atoms with Gasteiger partial charge in [-0.2, -0.15) is 0 Å². The molecule has 0 amide bonds. The number of hydrogen-bond acceptors (Lipinski definition) is 3. The van der Waals surface area contributed by atoms with E-state index in [-0.39, 0.29) is 0 Å². The Balaban J connectivity index is 2.55. The topological polar surface area (TPSA) is 37.8 Å². The molecule has 3 nitrogen and oxygen atoms in total. The van der Waals surface area contributed by atoms with Crippen LogP contribution in [-0.2, 0) is 6.42 Å². The number of hydrogen-bond donors (Lipinski definition) is 1. The minimum Gasteiger partial charge on any atom is -0.369 e. The minimum absolute atomic E-state index is 0.490. The molecule has 0 saturated heterocycles. The van der Waals surface area contributed by atoms with Crippen molar-refractivity contribution in [2.45, 2.75) is 26.7 Å². The zero-order valence-electron chi connectivity index (χ0n) is 11.9. The van der Waals surface area contributed by atoms with Gasteiger partial charge in [-0.05, 0) is 47.6 Å². The molecular formula is C15H16Cl2IN3. The second kappa shape index (κ2) is 7.61. The van der Waals surface area contributed by atoms with E-state index in [4.69, 9.17) is 23.2 Å². The van der Waals surface area contributed by atoms with Crippen molar-refractivity contribution in [3.05, 3.63) is 37.5 Å². The number of halogens is 3. The molecule has 0 spiro atoms. The first-order chi connectivity index (χ1) is 10.1. The van der Waals surface area contributed by atoms with Crippen LogP contribution in [0.1, 0.15) is 26.0 Å². The van der Waals surface area contributed by atoms with Gasteiger partial charge in [-0.25, -0.2) is 9.97 Å². The Morgan fingerprint density at radius 3 is 2.62 bits per heavy atom. The Kier molecular flexibility index (Phi) is 6.08. The molecule has 1 N–H and O–H groups in total. The number of aromatic nitrogens is 2. The number of nitrogens with one attached hydrogen (secondary N) is 1. The van der Waals surface area contributed by atoms with Crippen molar-refractivity contribution in [3.8, 4) is 11.4 Å². The molecule has 1 heterocycles. The molecule has 0 radical (unpaired) electrons. The van der Waals surface area contributed by atoms with Crippen molar-refractivity contribution in [1.82, 2.24) is 9.97 Å². The molecule has 0 atom stereocenters. The highest BCUT2D eigenvalue weighted by Gasteiger charge is 2.15. The van der Waals surface area contributed by atoms with Crippen LogP contribution in [0.3, 0.4) is 0 Å². The SMILES string of the molecule is CCCNc1nc(-c2cccc(Cl)c2Cl)nc(CC)c1I. The number of rotatable bonds is 5. The third kappa shape index (κ3) is 3.79. The van der Waals surface area contributed by atoms with E-state index in [0.29, 0.717) is 15.9 Å². The maximum atomic E-state index is 6.29. The Labute approximate surface area is 148 Å². The summed E-state index contributed by atoms with van der Waals surface area (Å²) in [6, 6.07) is 5.51. The van der Waals surface area contributed by atoms with Gasteiger partial charge in [-0.3, -0.25) is 0 Å². The highest BCUT2D eigenvalue weighted by atomic mass is 127. The van der Waals surface area contributed by atoms with Crippen molar-refractivity contribution in [2.75, 3.05) is 11.9 Å². The fraction of sp³-hybridized carbons (Fsp3) is 0.333. The summed E-state index contributed by atoms with van der Waals surface area (Å²) in [4.78, 5) is 9.25. The summed E-state index contributed by atoms with van der Waals surface area (Å²) in [5.41, 5.74) is 1.77. The summed E-state index contributed by atoms with van der Waals surface area (Å²) in [5.74, 6) is 1.47. The van der Waals surface area contributed by atoms with E-state index in [1.54, 1.807) is 6.07 Å². The molecular weight excluding hydrogens is 420 g/mol. The molecule has 112 valence electrons. The van der Waals surface area contributed by atoms with Gasteiger partial charge >= 0.3 is 0 Å². The fourth-order valence-electron chi connectivity index (χ4n) is 1.89. The molecule has 2 rings (SSSR count). The lowest BCUT2D eigenvalue weighted by molar-refractivity contribution is 0.943. The molecule has 0 aliphatic heterocycles. The molecule has 0 aliphatic rings. The normalized spacial score (nSPS) is 10.7. The Bertz CT molecular complexity index is 647. The van der Waals surface area contributed by atoms with Crippen molar-refractivity contribution < 1.29 is 0 Å². The van der Waals surface area contributed by atoms with E-state index in [1.165, 1.54) is 0 Å². The fourth-order valence-corrected chi connectivity index (χ4v) is 3.08. The summed E-state index contributed by atoms with van der Waals surface area (Å²) in [6.07, 6.45) is 1.88. The van der Waals surface area contributed by atoms with E-state index < -0.39 is 0 Å². The summed E-state index contributed by atoms with van der Waals surface area (Å²) < 4.78 is 1.06. The largest absolute Gasteiger partial charge is 0.369 e. The average molecular weight is 436 g/mol. The first kappa shape index (κ1) is 16.8. The summed E-state index contributed by atoms with van der Waals surface area (Å²) in [6.45, 7) is 5.08. The molecule has 6 heteroatoms. The van der Waals surface area contributed by atoms with Gasteiger partial charge in [0.1, 0.15) is 5.82 Å². The van der Waals surface area contributed by atoms with Gasteiger partial charge in [0, 0.05) is 12.1 Å². The van der Waals surface area contributed by atoms with Gasteiger partial charge in [0.15, 0.2) is 5.82 Å². The summed E-state index contributed by atoms with van der Waals surface area (Å²) in [7, 11) is 0. The average Bonchev–Trinajstić information content (AvgIpc) is 2.49. The van der Waals surface area contributed by atoms with Crippen LogP contribution in [0.15, 0.2) is 18.2 Å². The number of benzene rings is 1. The summed E-state index contributed by atoms with van der Waals surface area (Å²) in [5, 5.41) is 4.35. The zero-order chi connectivity index (χ0) is 15.4. The monoisotopic (exact) mass is 435 g/mol. The van der Waals surface area contributed by atoms with Gasteiger partial charge < -0.3 is 5.32 Å². The maximum Gasteiger partial charge on any atom is 0.163 e. The number of anilines is 1. The van der Waals surface area contributed by atoms with Crippen molar-refractivity contribution in [1.29, 1.82) is 0 Å². The Morgan fingerprint density at radius 1 is 1.19 bits per heavy atom. The molecule has 21 heavy (non-hydrogen) atoms. The van der Waals surface area contributed by atoms with Crippen molar-refractivity contribution in [3.63, 3.8) is 0 Å². The lowest BCUT2D eigenvalue weighted by atomic mass is 10.2. The lowest BCUT2D eigenvalue weighted by Crippen LogP contribution is -2.09. The molecule has 1 aromatic heterocycles. The van der Waals surface area contributed by atoms with Crippen LogP contribution in [0.25, 0.3) is 11.4 Å². The van der Waals surface area contributed by atoms with Crippen molar-refractivity contribution in [2.24, 2.45) is 0 Å². The van der Waals surface area contributed by atoms with E-state index in [9.17, 15) is 0 Å². The molecule has 0 saturated carbocycles. The number of nitrogens with zero attached hydrogens (tertiary/aromatic N) is 2. The molecule has 0 aliphatic carbocycles. The highest BCUT2D eigenvalue weighted by Crippen LogP contribution is 2.33. The van der Waals surface area contributed by atoms with Gasteiger partial charge in [-0.15, -0.1) is 0 Å². The third-order valence-corrected chi connectivity index (χ3v) is 4.94. The van der Waals surface area contributed by atoms with Crippen LogP contribution in [0, 0.1) is 3.57 Å². The van der Waals surface area contributed by atoms with E-state index in [1.807, 2.05) is 12.1 Å². The first-order valence-corrected chi connectivity index (χ1v) is 8.66. The second-order valence-corrected chi connectivity index (χ2v) is 6.40. The zero-order valence-corrected chi connectivity index (χ0v) is 15.6.